The molecular formula is C56H72Cl3Cs2FN4O19. The minimum Gasteiger partial charge on any atom is -1.00 e. The van der Waals surface area contributed by atoms with Crippen LogP contribution in [0.1, 0.15) is 104 Å². The number of benzene rings is 4. The average molecular weight is 1500 g/mol. The summed E-state index contributed by atoms with van der Waals surface area (Å²) in [7, 11) is -1.00. The topological polar surface area (TPSA) is 319 Å². The summed E-state index contributed by atoms with van der Waals surface area (Å²) in [5.74, 6) is -2.61. The molecule has 0 saturated heterocycles. The Morgan fingerprint density at radius 3 is 1.25 bits per heavy atom. The number of carboxylic acids is 1. The summed E-state index contributed by atoms with van der Waals surface area (Å²) in [4.78, 5) is 104. The van der Waals surface area contributed by atoms with E-state index in [0.29, 0.717) is 58.6 Å². The fourth-order valence-electron chi connectivity index (χ4n) is 5.57. The van der Waals surface area contributed by atoms with Gasteiger partial charge in [0.15, 0.2) is 17.3 Å². The van der Waals surface area contributed by atoms with Gasteiger partial charge in [-0.3, -0.25) is 28.4 Å². The number of rotatable bonds is 22. The summed E-state index contributed by atoms with van der Waals surface area (Å²) < 4.78 is 50.7. The van der Waals surface area contributed by atoms with Gasteiger partial charge in [0, 0.05) is 34.3 Å². The molecule has 4 aromatic rings. The van der Waals surface area contributed by atoms with Crippen molar-refractivity contribution in [3.05, 3.63) is 129 Å². The molecular weight excluding hydrogens is 1420 g/mol. The molecule has 0 atom stereocenters. The maximum absolute atomic E-state index is 12.4. The van der Waals surface area contributed by atoms with E-state index < -0.39 is 79.0 Å². The number of carbonyl (C=O) groups is 9. The van der Waals surface area contributed by atoms with Gasteiger partial charge < -0.3 is 71.1 Å². The maximum atomic E-state index is 12.4. The molecule has 4 amide bonds. The number of hydrogen-bond donors (Lipinski definition) is 5. The zero-order valence-electron chi connectivity index (χ0n) is 51.5. The standard InChI is InChI=1S/C27H33ClN2O8.C19H20ClNO4.C8H14ClNO4.CH3F.CH2O3.2Cs.H/c1-26(2,3)38-25(34)30-16-22(31)35-17-36-24(33)27(4,5)37-21-12-6-18(7-13-21)14-15-29-23(32)19-8-10-20(28)11-9-19;1-19(2,18(23)24)25-16-9-3-13(4-10-16)11-12-21-17(22)14-5-7-15(20)8-6-14;1-8(2,3)14-7(12)10-4-6(11)13-5-9;1-2;2-1-4-3;;;/h6-13H,14-17H2,1-5H3,(H,29,32)(H,30,34);3-10H,11-12H2,1-2H3,(H,21,22)(H,23,24);4-5H2,1-3H3,(H,10,12);1H3;1,3H;;;/q;;;;;2*+1;-1/p-1/i;;;1D;;;;. The molecule has 4 rings (SSSR count). The summed E-state index contributed by atoms with van der Waals surface area (Å²) >= 11 is 16.8. The van der Waals surface area contributed by atoms with Crippen LogP contribution < -0.4 is 174 Å². The Morgan fingerprint density at radius 2 is 0.929 bits per heavy atom. The number of aliphatic carboxylic acids is 1. The number of carboxylic acid groups (broad SMARTS) is 1. The molecule has 0 aliphatic carbocycles. The number of nitrogens with one attached hydrogen (secondary N) is 4. The normalized spacial score (nSPS) is 10.5. The van der Waals surface area contributed by atoms with E-state index in [1.165, 1.54) is 27.7 Å². The van der Waals surface area contributed by atoms with Gasteiger partial charge in [-0.15, -0.1) is 0 Å². The Kier molecular flexibility index (Phi) is 44.5. The van der Waals surface area contributed by atoms with Crippen molar-refractivity contribution in [2.24, 2.45) is 0 Å². The van der Waals surface area contributed by atoms with E-state index in [2.05, 4.69) is 30.9 Å². The molecule has 0 aliphatic rings. The Hall–Kier alpha value is -3.83. The van der Waals surface area contributed by atoms with Gasteiger partial charge >= 0.3 is 174 Å². The number of hydrogen-bond acceptors (Lipinski definition) is 18. The molecule has 29 heteroatoms. The summed E-state index contributed by atoms with van der Waals surface area (Å²) in [6.07, 6.45) is -0.181. The number of esters is 3. The van der Waals surface area contributed by atoms with Gasteiger partial charge in [0.1, 0.15) is 35.8 Å². The van der Waals surface area contributed by atoms with Crippen molar-refractivity contribution in [1.29, 1.82) is 0 Å². The van der Waals surface area contributed by atoms with Gasteiger partial charge in [-0.1, -0.05) is 59.1 Å². The van der Waals surface area contributed by atoms with Gasteiger partial charge in [0.05, 0.1) is 8.52 Å². The molecule has 0 aliphatic heterocycles. The Morgan fingerprint density at radius 1 is 0.588 bits per heavy atom. The van der Waals surface area contributed by atoms with Crippen LogP contribution in [0, 0.1) is 0 Å². The van der Waals surface area contributed by atoms with Crippen molar-refractivity contribution in [2.75, 3.05) is 46.2 Å². The van der Waals surface area contributed by atoms with Crippen LogP contribution >= 0.6 is 34.8 Å². The number of alkyl carbamates (subject to hydrolysis) is 2. The maximum Gasteiger partial charge on any atom is 1.00 e. The van der Waals surface area contributed by atoms with Crippen molar-refractivity contribution in [3.63, 3.8) is 0 Å². The second-order valence-corrected chi connectivity index (χ2v) is 20.5. The molecule has 4 aromatic carbocycles. The number of ether oxygens (including phenoxy) is 7. The third-order valence-electron chi connectivity index (χ3n) is 9.43. The van der Waals surface area contributed by atoms with Crippen LogP contribution in [-0.4, -0.2) is 128 Å². The minimum atomic E-state index is -1.37. The summed E-state index contributed by atoms with van der Waals surface area (Å²) in [5.41, 5.74) is -0.878. The van der Waals surface area contributed by atoms with E-state index in [-0.39, 0.29) is 170 Å². The van der Waals surface area contributed by atoms with E-state index in [0.717, 1.165) is 11.1 Å². The van der Waals surface area contributed by atoms with Gasteiger partial charge in [-0.25, -0.2) is 19.2 Å². The monoisotopic (exact) mass is 1500 g/mol. The molecule has 0 saturated carbocycles. The Labute approximate surface area is 629 Å². The molecule has 0 radical (unpaired) electrons. The van der Waals surface area contributed by atoms with E-state index in [9.17, 15) is 42.7 Å². The first-order valence-corrected chi connectivity index (χ1v) is 25.9. The smallest absolute Gasteiger partial charge is 1.00 e. The third-order valence-corrected chi connectivity index (χ3v) is 10.0. The molecule has 460 valence electrons. The van der Waals surface area contributed by atoms with E-state index in [1.54, 1.807) is 114 Å². The van der Waals surface area contributed by atoms with Crippen LogP contribution in [0.3, 0.4) is 0 Å². The fourth-order valence-corrected chi connectivity index (χ4v) is 5.95. The number of carbonyl (C=O) groups excluding carboxylic acids is 8. The van der Waals surface area contributed by atoms with E-state index >= 15 is 0 Å². The molecule has 0 spiro atoms. The molecule has 5 N–H and O–H groups in total. The molecule has 0 unspecified atom stereocenters. The first-order chi connectivity index (χ1) is 39.2. The summed E-state index contributed by atoms with van der Waals surface area (Å²) in [6.45, 7) is 15.7. The quantitative estimate of drug-likeness (QED) is 0.0143. The van der Waals surface area contributed by atoms with Crippen LogP contribution in [-0.2, 0) is 65.4 Å². The Balaban J connectivity index is -0.000000603. The van der Waals surface area contributed by atoms with Crippen LogP contribution in [0.5, 0.6) is 11.5 Å². The molecule has 85 heavy (non-hydrogen) atoms. The van der Waals surface area contributed by atoms with Gasteiger partial charge in [-0.05, 0) is 166 Å². The zero-order chi connectivity index (χ0) is 64.1. The fraction of sp³-hybridized carbons (Fsp3) is 0.411. The predicted octanol–water partition coefficient (Wildman–Crippen LogP) is 1.98. The number of alkyl halides is 2. The van der Waals surface area contributed by atoms with Crippen molar-refractivity contribution in [2.45, 2.75) is 104 Å². The second-order valence-electron chi connectivity index (χ2n) is 19.4. The number of halogens is 4. The minimum absolute atomic E-state index is 0. The molecule has 23 nitrogen and oxygen atoms in total. The van der Waals surface area contributed by atoms with Crippen LogP contribution in [0.2, 0.25) is 10.0 Å². The predicted molar refractivity (Wildman–Crippen MR) is 303 cm³/mol. The van der Waals surface area contributed by atoms with Crippen LogP contribution in [0.4, 0.5) is 14.0 Å². The molecule has 0 bridgehead atoms. The number of amides is 4. The summed E-state index contributed by atoms with van der Waals surface area (Å²) in [5, 5.41) is 28.8. The first-order valence-electron chi connectivity index (χ1n) is 25.3. The zero-order valence-corrected chi connectivity index (χ0v) is 64.3. The van der Waals surface area contributed by atoms with Gasteiger partial charge in [0.2, 0.25) is 6.79 Å². The second kappa shape index (κ2) is 45.4. The SMILES string of the molecule is CC(C)(C)OC(=O)NCC(=O)OCCl.CC(C)(C)OC(=O)NCC(=O)OCOC(=O)C(C)(C)Oc1ccc(CCNC(=O)c2ccc(Cl)cc2)cc1.CC(C)(Oc1ccc(CCNC(=O)c2ccc(Cl)cc2)cc1)C(=O)O.O=CO[O-].[2H]CF.[Cs+].[Cs+].[H-]. The molecule has 0 heterocycles. The summed E-state index contributed by atoms with van der Waals surface area (Å²) in [6, 6.07) is 27.3. The van der Waals surface area contributed by atoms with Crippen molar-refractivity contribution >= 4 is 89.2 Å². The van der Waals surface area contributed by atoms with E-state index in [1.807, 2.05) is 24.3 Å². The van der Waals surface area contributed by atoms with Gasteiger partial charge in [-0.2, -0.15) is 0 Å². The molecule has 0 fully saturated rings. The largest absolute Gasteiger partial charge is 1.00 e. The first kappa shape index (κ1) is 83.2. The third kappa shape index (κ3) is 41.9. The van der Waals surface area contributed by atoms with E-state index in [4.69, 9.17) is 79.8 Å². The van der Waals surface area contributed by atoms with Gasteiger partial charge in [0.25, 0.3) is 18.3 Å². The van der Waals surface area contributed by atoms with Crippen LogP contribution in [0.25, 0.3) is 0 Å². The van der Waals surface area contributed by atoms with Crippen LogP contribution in [0.15, 0.2) is 97.1 Å². The van der Waals surface area contributed by atoms with Crippen molar-refractivity contribution in [1.82, 2.24) is 21.3 Å². The Bertz CT molecular complexity index is 2690. The average Bonchev–Trinajstić information content (AvgIpc) is 3.58. The van der Waals surface area contributed by atoms with Crippen molar-refractivity contribution < 1.29 is 237 Å². The van der Waals surface area contributed by atoms with Crippen molar-refractivity contribution in [3.8, 4) is 11.5 Å². The molecule has 0 aromatic heterocycles.